The van der Waals surface area contributed by atoms with Gasteiger partial charge in [-0.2, -0.15) is 0 Å². The van der Waals surface area contributed by atoms with Gasteiger partial charge in [-0.3, -0.25) is 4.98 Å². The molecule has 0 bridgehead atoms. The Kier molecular flexibility index (Phi) is 5.36. The zero-order valence-electron chi connectivity index (χ0n) is 14.5. The summed E-state index contributed by atoms with van der Waals surface area (Å²) in [7, 11) is 0. The first-order valence-electron chi connectivity index (χ1n) is 8.35. The number of benzene rings is 1. The summed E-state index contributed by atoms with van der Waals surface area (Å²) >= 11 is 0. The Labute approximate surface area is 147 Å². The maximum atomic E-state index is 9.10. The van der Waals surface area contributed by atoms with Crippen LogP contribution in [0.4, 0.5) is 5.82 Å². The van der Waals surface area contributed by atoms with Gasteiger partial charge in [0.2, 0.25) is 0 Å². The Morgan fingerprint density at radius 3 is 2.44 bits per heavy atom. The van der Waals surface area contributed by atoms with E-state index in [1.54, 1.807) is 12.4 Å². The number of rotatable bonds is 6. The Bertz CT molecular complexity index is 832. The monoisotopic (exact) mass is 334 g/mol. The first-order chi connectivity index (χ1) is 12.2. The van der Waals surface area contributed by atoms with E-state index >= 15 is 0 Å². The topological polar surface area (TPSA) is 70.9 Å². The van der Waals surface area contributed by atoms with E-state index in [0.717, 1.165) is 41.2 Å². The second kappa shape index (κ2) is 7.85. The fourth-order valence-electron chi connectivity index (χ4n) is 2.56. The summed E-state index contributed by atoms with van der Waals surface area (Å²) < 4.78 is 0. The lowest BCUT2D eigenvalue weighted by atomic mass is 10.1. The molecule has 3 aromatic rings. The lowest BCUT2D eigenvalue weighted by Gasteiger charge is -2.12. The van der Waals surface area contributed by atoms with E-state index in [1.165, 1.54) is 5.56 Å². The summed E-state index contributed by atoms with van der Waals surface area (Å²) in [4.78, 5) is 13.4. The Morgan fingerprint density at radius 1 is 1.00 bits per heavy atom. The summed E-state index contributed by atoms with van der Waals surface area (Å²) in [5.74, 6) is 1.55. The first kappa shape index (κ1) is 17.0. The predicted octanol–water partition coefficient (Wildman–Crippen LogP) is 3.30. The smallest absolute Gasteiger partial charge is 0.163 e. The number of pyridine rings is 1. The molecule has 0 atom stereocenters. The number of aryl methyl sites for hydroxylation is 1. The van der Waals surface area contributed by atoms with E-state index in [4.69, 9.17) is 5.11 Å². The third-order valence-corrected chi connectivity index (χ3v) is 4.22. The average molecular weight is 334 g/mol. The minimum atomic E-state index is 0.0784. The van der Waals surface area contributed by atoms with E-state index < -0.39 is 0 Å². The molecule has 0 fully saturated rings. The second-order valence-corrected chi connectivity index (χ2v) is 6.00. The second-order valence-electron chi connectivity index (χ2n) is 6.00. The minimum absolute atomic E-state index is 0.0784. The van der Waals surface area contributed by atoms with Gasteiger partial charge in [-0.1, -0.05) is 24.3 Å². The van der Waals surface area contributed by atoms with Gasteiger partial charge < -0.3 is 10.4 Å². The third-order valence-electron chi connectivity index (χ3n) is 4.22. The number of nitrogens with zero attached hydrogens (tertiary/aromatic N) is 3. The number of aliphatic hydroxyl groups is 1. The van der Waals surface area contributed by atoms with Gasteiger partial charge in [0.1, 0.15) is 5.82 Å². The van der Waals surface area contributed by atoms with E-state index in [1.807, 2.05) is 50.2 Å². The van der Waals surface area contributed by atoms with Gasteiger partial charge in [0.15, 0.2) is 5.82 Å². The molecule has 128 valence electrons. The van der Waals surface area contributed by atoms with Crippen molar-refractivity contribution >= 4 is 5.82 Å². The van der Waals surface area contributed by atoms with E-state index in [0.29, 0.717) is 5.82 Å². The van der Waals surface area contributed by atoms with Gasteiger partial charge in [0.25, 0.3) is 0 Å². The van der Waals surface area contributed by atoms with Gasteiger partial charge in [0.05, 0.1) is 6.61 Å². The number of nitrogens with one attached hydrogen (secondary N) is 1. The molecule has 0 spiro atoms. The number of aromatic nitrogens is 3. The zero-order valence-corrected chi connectivity index (χ0v) is 14.5. The minimum Gasteiger partial charge on any atom is -0.392 e. The largest absolute Gasteiger partial charge is 0.392 e. The lowest BCUT2D eigenvalue weighted by molar-refractivity contribution is 0.282. The van der Waals surface area contributed by atoms with Crippen molar-refractivity contribution < 1.29 is 5.11 Å². The van der Waals surface area contributed by atoms with Crippen molar-refractivity contribution in [1.82, 2.24) is 15.0 Å². The summed E-state index contributed by atoms with van der Waals surface area (Å²) in [6, 6.07) is 11.9. The van der Waals surface area contributed by atoms with Crippen LogP contribution in [0.15, 0.2) is 48.8 Å². The highest BCUT2D eigenvalue weighted by Gasteiger charge is 2.09. The van der Waals surface area contributed by atoms with Crippen molar-refractivity contribution in [2.45, 2.75) is 26.9 Å². The number of hydrogen-bond donors (Lipinski definition) is 2. The van der Waals surface area contributed by atoms with Gasteiger partial charge in [0, 0.05) is 35.8 Å². The Hall–Kier alpha value is -2.79. The van der Waals surface area contributed by atoms with Crippen molar-refractivity contribution in [3.63, 3.8) is 0 Å². The molecular weight excluding hydrogens is 312 g/mol. The highest BCUT2D eigenvalue weighted by Crippen LogP contribution is 2.21. The molecule has 0 amide bonds. The molecule has 25 heavy (non-hydrogen) atoms. The Balaban J connectivity index is 1.72. The first-order valence-corrected chi connectivity index (χ1v) is 8.35. The van der Waals surface area contributed by atoms with Crippen LogP contribution in [0.2, 0.25) is 0 Å². The predicted molar refractivity (Wildman–Crippen MR) is 99.3 cm³/mol. The molecular formula is C20H22N4O. The lowest BCUT2D eigenvalue weighted by Crippen LogP contribution is -2.10. The summed E-state index contributed by atoms with van der Waals surface area (Å²) in [5.41, 5.74) is 5.08. The molecule has 1 aromatic carbocycles. The van der Waals surface area contributed by atoms with Crippen LogP contribution in [-0.4, -0.2) is 26.6 Å². The molecule has 0 unspecified atom stereocenters. The van der Waals surface area contributed by atoms with Crippen LogP contribution in [0.25, 0.3) is 11.4 Å². The van der Waals surface area contributed by atoms with Crippen molar-refractivity contribution in [2.24, 2.45) is 0 Å². The van der Waals surface area contributed by atoms with Crippen LogP contribution in [0.1, 0.15) is 22.4 Å². The molecule has 5 nitrogen and oxygen atoms in total. The highest BCUT2D eigenvalue weighted by atomic mass is 16.3. The van der Waals surface area contributed by atoms with Crippen LogP contribution in [0.5, 0.6) is 0 Å². The maximum absolute atomic E-state index is 9.10. The molecule has 0 aliphatic rings. The zero-order chi connectivity index (χ0) is 17.6. The molecule has 0 radical (unpaired) electrons. The quantitative estimate of drug-likeness (QED) is 0.724. The van der Waals surface area contributed by atoms with E-state index in [9.17, 15) is 0 Å². The summed E-state index contributed by atoms with van der Waals surface area (Å²) in [6.45, 7) is 4.88. The van der Waals surface area contributed by atoms with Crippen molar-refractivity contribution in [1.29, 1.82) is 0 Å². The fraction of sp³-hybridized carbons (Fsp3) is 0.250. The van der Waals surface area contributed by atoms with Crippen LogP contribution in [0, 0.1) is 13.8 Å². The molecule has 0 saturated heterocycles. The number of hydrogen-bond acceptors (Lipinski definition) is 5. The molecule has 0 saturated carbocycles. The van der Waals surface area contributed by atoms with Crippen molar-refractivity contribution in [2.75, 3.05) is 11.9 Å². The van der Waals surface area contributed by atoms with Gasteiger partial charge in [-0.25, -0.2) is 9.97 Å². The molecule has 2 aromatic heterocycles. The molecule has 2 N–H and O–H groups in total. The van der Waals surface area contributed by atoms with Crippen LogP contribution in [0.3, 0.4) is 0 Å². The molecule has 5 heteroatoms. The maximum Gasteiger partial charge on any atom is 0.163 e. The molecule has 2 heterocycles. The molecule has 0 aliphatic carbocycles. The summed E-state index contributed by atoms with van der Waals surface area (Å²) in [5, 5.41) is 12.5. The highest BCUT2D eigenvalue weighted by molar-refractivity contribution is 5.58. The van der Waals surface area contributed by atoms with Gasteiger partial charge in [-0.15, -0.1) is 0 Å². The third kappa shape index (κ3) is 4.19. The SMILES string of the molecule is Cc1nc(-c2cccnc2)nc(NCCc2ccc(CO)cc2)c1C. The van der Waals surface area contributed by atoms with Gasteiger partial charge in [-0.05, 0) is 43.5 Å². The normalized spacial score (nSPS) is 10.7. The number of anilines is 1. The molecule has 3 rings (SSSR count). The van der Waals surface area contributed by atoms with Crippen LogP contribution >= 0.6 is 0 Å². The van der Waals surface area contributed by atoms with Gasteiger partial charge >= 0.3 is 0 Å². The van der Waals surface area contributed by atoms with Crippen LogP contribution < -0.4 is 5.32 Å². The molecule has 0 aliphatic heterocycles. The van der Waals surface area contributed by atoms with E-state index in [2.05, 4.69) is 20.3 Å². The van der Waals surface area contributed by atoms with E-state index in [-0.39, 0.29) is 6.61 Å². The standard InChI is InChI=1S/C20H22N4O/c1-14-15(2)23-20(18-4-3-10-21-12-18)24-19(14)22-11-9-16-5-7-17(13-25)8-6-16/h3-8,10,12,25H,9,11,13H2,1-2H3,(H,22,23,24). The Morgan fingerprint density at radius 2 is 1.76 bits per heavy atom. The fourth-order valence-corrected chi connectivity index (χ4v) is 2.56. The van der Waals surface area contributed by atoms with Crippen molar-refractivity contribution in [3.8, 4) is 11.4 Å². The number of aliphatic hydroxyl groups excluding tert-OH is 1. The average Bonchev–Trinajstić information content (AvgIpc) is 2.66. The summed E-state index contributed by atoms with van der Waals surface area (Å²) in [6.07, 6.45) is 4.40. The van der Waals surface area contributed by atoms with Crippen molar-refractivity contribution in [3.05, 3.63) is 71.2 Å². The van der Waals surface area contributed by atoms with Crippen LogP contribution in [-0.2, 0) is 13.0 Å².